The molecule has 0 radical (unpaired) electrons. The van der Waals surface area contributed by atoms with Gasteiger partial charge in [0.1, 0.15) is 18.4 Å². The predicted octanol–water partition coefficient (Wildman–Crippen LogP) is 4.57. The third-order valence-corrected chi connectivity index (χ3v) is 7.23. The molecule has 0 aromatic carbocycles. The van der Waals surface area contributed by atoms with Crippen molar-refractivity contribution >= 4 is 16.9 Å². The zero-order chi connectivity index (χ0) is 25.8. The van der Waals surface area contributed by atoms with Crippen molar-refractivity contribution in [2.24, 2.45) is 0 Å². The van der Waals surface area contributed by atoms with Gasteiger partial charge in [0.2, 0.25) is 0 Å². The van der Waals surface area contributed by atoms with Gasteiger partial charge in [-0.25, -0.2) is 9.97 Å². The lowest BCUT2D eigenvalue weighted by Gasteiger charge is -2.20. The Morgan fingerprint density at radius 3 is 2.22 bits per heavy atom. The van der Waals surface area contributed by atoms with Crippen LogP contribution in [0.2, 0.25) is 0 Å². The molecule has 202 valence electrons. The largest absolute Gasteiger partial charge is 0.390 e. The van der Waals surface area contributed by atoms with Crippen molar-refractivity contribution in [3.8, 4) is 0 Å². The van der Waals surface area contributed by atoms with Gasteiger partial charge in [-0.05, 0) is 6.42 Å². The second kappa shape index (κ2) is 15.2. The molecule has 9 nitrogen and oxygen atoms in total. The van der Waals surface area contributed by atoms with Crippen molar-refractivity contribution in [3.63, 3.8) is 0 Å². The Balaban J connectivity index is 1.27. The average Bonchev–Trinajstić information content (AvgIpc) is 3.48. The Bertz CT molecular complexity index is 974. The number of nitrogens with one attached hydrogen (secondary N) is 1. The van der Waals surface area contributed by atoms with Crippen LogP contribution in [0.3, 0.4) is 0 Å². The summed E-state index contributed by atoms with van der Waals surface area (Å²) in [6.45, 7) is 2.25. The standard InChI is InChI=1S/C27H44N4O5/c1-2-3-4-5-6-7-8-9-10-11-12-13-14-15-16-20(32)24(34)25-21(33)17-22(36-25)31-19-30-23-26(31)28-18-29-27(23)35/h18-19,21-22,24-25,33-34H,2-17H2,1H3,(H,28,29,35)/t21-,22+,24?,25-/m0/s1. The molecule has 36 heavy (non-hydrogen) atoms. The van der Waals surface area contributed by atoms with Gasteiger partial charge in [-0.1, -0.05) is 90.4 Å². The van der Waals surface area contributed by atoms with Crippen LogP contribution in [-0.4, -0.2) is 53.8 Å². The third-order valence-electron chi connectivity index (χ3n) is 7.23. The molecular formula is C27H44N4O5. The highest BCUT2D eigenvalue weighted by molar-refractivity contribution is 5.83. The average molecular weight is 505 g/mol. The number of rotatable bonds is 18. The summed E-state index contributed by atoms with van der Waals surface area (Å²) in [5.41, 5.74) is 0.144. The number of imidazole rings is 1. The number of hydrogen-bond donors (Lipinski definition) is 3. The lowest BCUT2D eigenvalue weighted by atomic mass is 9.99. The van der Waals surface area contributed by atoms with E-state index in [0.717, 1.165) is 19.3 Å². The number of aliphatic hydroxyl groups is 2. The molecule has 1 saturated heterocycles. The minimum absolute atomic E-state index is 0.174. The van der Waals surface area contributed by atoms with E-state index in [9.17, 15) is 19.8 Å². The van der Waals surface area contributed by atoms with E-state index < -0.39 is 24.5 Å². The predicted molar refractivity (Wildman–Crippen MR) is 139 cm³/mol. The van der Waals surface area contributed by atoms with Crippen LogP contribution in [0.5, 0.6) is 0 Å². The number of nitrogens with zero attached hydrogens (tertiary/aromatic N) is 3. The van der Waals surface area contributed by atoms with Gasteiger partial charge in [0.15, 0.2) is 16.9 Å². The molecule has 3 N–H and O–H groups in total. The first kappa shape index (κ1) is 28.5. The van der Waals surface area contributed by atoms with Gasteiger partial charge in [-0.15, -0.1) is 0 Å². The number of carbonyl (C=O) groups is 1. The molecule has 0 amide bonds. The zero-order valence-electron chi connectivity index (χ0n) is 21.7. The van der Waals surface area contributed by atoms with Crippen molar-refractivity contribution in [1.82, 2.24) is 19.5 Å². The molecular weight excluding hydrogens is 460 g/mol. The van der Waals surface area contributed by atoms with Crippen LogP contribution in [0.1, 0.15) is 116 Å². The van der Waals surface area contributed by atoms with E-state index in [-0.39, 0.29) is 29.7 Å². The molecule has 1 unspecified atom stereocenters. The smallest absolute Gasteiger partial charge is 0.278 e. The van der Waals surface area contributed by atoms with Crippen molar-refractivity contribution in [2.45, 2.75) is 134 Å². The number of hydrogen-bond acceptors (Lipinski definition) is 7. The number of aliphatic hydroxyl groups excluding tert-OH is 2. The molecule has 1 aliphatic heterocycles. The van der Waals surface area contributed by atoms with Gasteiger partial charge >= 0.3 is 0 Å². The summed E-state index contributed by atoms with van der Waals surface area (Å²) in [6.07, 6.45) is 16.5. The van der Waals surface area contributed by atoms with Crippen LogP contribution < -0.4 is 5.56 Å². The van der Waals surface area contributed by atoms with Crippen LogP contribution in [0.15, 0.2) is 17.4 Å². The molecule has 0 aliphatic carbocycles. The first-order valence-electron chi connectivity index (χ1n) is 14.0. The zero-order valence-corrected chi connectivity index (χ0v) is 21.7. The monoisotopic (exact) mass is 504 g/mol. The molecule has 0 saturated carbocycles. The Hall–Kier alpha value is -2.10. The fourth-order valence-corrected chi connectivity index (χ4v) is 5.03. The highest BCUT2D eigenvalue weighted by Gasteiger charge is 2.42. The fourth-order valence-electron chi connectivity index (χ4n) is 5.03. The van der Waals surface area contributed by atoms with Crippen LogP contribution in [0, 0.1) is 0 Å². The van der Waals surface area contributed by atoms with Crippen LogP contribution in [0.25, 0.3) is 11.2 Å². The summed E-state index contributed by atoms with van der Waals surface area (Å²) in [7, 11) is 0. The number of H-pyrrole nitrogens is 1. The normalized spacial score (nSPS) is 20.8. The maximum atomic E-state index is 12.5. The lowest BCUT2D eigenvalue weighted by Crippen LogP contribution is -2.40. The SMILES string of the molecule is CCCCCCCCCCCCCCCCC(=O)C(O)[C@H]1O[C@@H](n2cnc3c(=O)[nH]cnc32)C[C@@H]1O. The van der Waals surface area contributed by atoms with Crippen molar-refractivity contribution in [2.75, 3.05) is 0 Å². The highest BCUT2D eigenvalue weighted by atomic mass is 16.5. The quantitative estimate of drug-likeness (QED) is 0.254. The molecule has 3 heterocycles. The summed E-state index contributed by atoms with van der Waals surface area (Å²) in [6, 6.07) is 0. The molecule has 2 aromatic rings. The topological polar surface area (TPSA) is 130 Å². The fraction of sp³-hybridized carbons (Fsp3) is 0.778. The number of carbonyl (C=O) groups excluding carboxylic acids is 1. The van der Waals surface area contributed by atoms with E-state index in [2.05, 4.69) is 21.9 Å². The number of ether oxygens (including phenoxy) is 1. The van der Waals surface area contributed by atoms with Crippen molar-refractivity contribution < 1.29 is 19.7 Å². The van der Waals surface area contributed by atoms with Gasteiger partial charge in [0.05, 0.1) is 18.8 Å². The van der Waals surface area contributed by atoms with Gasteiger partial charge < -0.3 is 19.9 Å². The van der Waals surface area contributed by atoms with Crippen LogP contribution in [-0.2, 0) is 9.53 Å². The first-order chi connectivity index (χ1) is 17.5. The Morgan fingerprint density at radius 2 is 1.61 bits per heavy atom. The van der Waals surface area contributed by atoms with Crippen molar-refractivity contribution in [1.29, 1.82) is 0 Å². The summed E-state index contributed by atoms with van der Waals surface area (Å²) in [4.78, 5) is 35.0. The summed E-state index contributed by atoms with van der Waals surface area (Å²) < 4.78 is 7.38. The summed E-state index contributed by atoms with van der Waals surface area (Å²) in [5, 5.41) is 21.0. The van der Waals surface area contributed by atoms with Gasteiger partial charge in [0.25, 0.3) is 5.56 Å². The van der Waals surface area contributed by atoms with E-state index >= 15 is 0 Å². The second-order valence-corrected chi connectivity index (χ2v) is 10.2. The molecule has 0 bridgehead atoms. The second-order valence-electron chi connectivity index (χ2n) is 10.2. The highest BCUT2D eigenvalue weighted by Crippen LogP contribution is 2.32. The van der Waals surface area contributed by atoms with E-state index in [4.69, 9.17) is 4.74 Å². The number of fused-ring (bicyclic) bond motifs is 1. The summed E-state index contributed by atoms with van der Waals surface area (Å²) in [5.74, 6) is -0.302. The molecule has 2 aromatic heterocycles. The van der Waals surface area contributed by atoms with E-state index in [1.807, 2.05) is 0 Å². The number of unbranched alkanes of at least 4 members (excludes halogenated alkanes) is 13. The molecule has 9 heteroatoms. The Labute approximate surface area is 213 Å². The van der Waals surface area contributed by atoms with Gasteiger partial charge in [-0.3, -0.25) is 14.2 Å². The van der Waals surface area contributed by atoms with Crippen LogP contribution >= 0.6 is 0 Å². The van der Waals surface area contributed by atoms with Gasteiger partial charge in [0, 0.05) is 12.8 Å². The maximum Gasteiger partial charge on any atom is 0.278 e. The lowest BCUT2D eigenvalue weighted by molar-refractivity contribution is -0.141. The number of aromatic nitrogens is 4. The van der Waals surface area contributed by atoms with Crippen LogP contribution in [0.4, 0.5) is 0 Å². The Kier molecular flexibility index (Phi) is 12.0. The van der Waals surface area contributed by atoms with E-state index in [1.54, 1.807) is 4.57 Å². The molecule has 1 aliphatic rings. The van der Waals surface area contributed by atoms with E-state index in [1.165, 1.54) is 83.3 Å². The van der Waals surface area contributed by atoms with Gasteiger partial charge in [-0.2, -0.15) is 0 Å². The molecule has 4 atom stereocenters. The molecule has 3 rings (SSSR count). The molecule has 0 spiro atoms. The molecule has 1 fully saturated rings. The Morgan fingerprint density at radius 1 is 1.03 bits per heavy atom. The third kappa shape index (κ3) is 8.21. The van der Waals surface area contributed by atoms with Crippen molar-refractivity contribution in [3.05, 3.63) is 23.0 Å². The minimum Gasteiger partial charge on any atom is -0.390 e. The number of Topliss-reactive ketones (excluding diaryl/α,β-unsaturated/α-hetero) is 1. The minimum atomic E-state index is -1.38. The first-order valence-corrected chi connectivity index (χ1v) is 14.0. The van der Waals surface area contributed by atoms with E-state index in [0.29, 0.717) is 5.65 Å². The maximum absolute atomic E-state index is 12.5. The summed E-state index contributed by atoms with van der Waals surface area (Å²) >= 11 is 0. The number of ketones is 1. The number of aromatic amines is 1.